The van der Waals surface area contributed by atoms with Gasteiger partial charge in [0.15, 0.2) is 16.8 Å². The summed E-state index contributed by atoms with van der Waals surface area (Å²) in [5.74, 6) is -1.84. The molecule has 0 saturated carbocycles. The lowest BCUT2D eigenvalue weighted by Crippen LogP contribution is -2.48. The van der Waals surface area contributed by atoms with Crippen molar-refractivity contribution in [1.82, 2.24) is 9.29 Å². The summed E-state index contributed by atoms with van der Waals surface area (Å²) in [6, 6.07) is 7.89. The Morgan fingerprint density at radius 2 is 1.67 bits per heavy atom. The van der Waals surface area contributed by atoms with Crippen molar-refractivity contribution in [2.24, 2.45) is 0 Å². The molecule has 5 nitrogen and oxygen atoms in total. The van der Waals surface area contributed by atoms with E-state index in [0.29, 0.717) is 34.5 Å². The van der Waals surface area contributed by atoms with Gasteiger partial charge in [0.2, 0.25) is 10.0 Å². The molecule has 0 amide bonds. The third kappa shape index (κ3) is 4.17. The van der Waals surface area contributed by atoms with Crippen molar-refractivity contribution in [3.05, 3.63) is 63.5 Å². The van der Waals surface area contributed by atoms with Crippen LogP contribution in [-0.2, 0) is 10.0 Å². The number of benzene rings is 2. The standard InChI is InChI=1S/C19H15Cl2F2N3O2S2/c20-14-3-2-13(10-15(14)21)30(27,28)26-7-5-25(6-8-26)19-24-18(11-29-19)12-1-4-16(22)17(23)9-12/h1-4,9-11H,5-8H2. The second-order valence-corrected chi connectivity index (χ2v) is 10.2. The number of piperazine rings is 1. The fraction of sp³-hybridized carbons (Fsp3) is 0.211. The third-order valence-electron chi connectivity index (χ3n) is 4.75. The van der Waals surface area contributed by atoms with Crippen molar-refractivity contribution in [2.75, 3.05) is 31.1 Å². The van der Waals surface area contributed by atoms with Gasteiger partial charge in [-0.15, -0.1) is 11.3 Å². The second-order valence-electron chi connectivity index (χ2n) is 6.61. The van der Waals surface area contributed by atoms with E-state index in [1.54, 1.807) is 5.38 Å². The van der Waals surface area contributed by atoms with Crippen molar-refractivity contribution >= 4 is 49.7 Å². The van der Waals surface area contributed by atoms with Gasteiger partial charge in [0.25, 0.3) is 0 Å². The lowest BCUT2D eigenvalue weighted by atomic mass is 10.2. The van der Waals surface area contributed by atoms with E-state index in [4.69, 9.17) is 23.2 Å². The molecule has 30 heavy (non-hydrogen) atoms. The van der Waals surface area contributed by atoms with E-state index in [0.717, 1.165) is 12.1 Å². The zero-order valence-electron chi connectivity index (χ0n) is 15.4. The molecule has 0 radical (unpaired) electrons. The second kappa shape index (κ2) is 8.39. The van der Waals surface area contributed by atoms with Gasteiger partial charge in [-0.1, -0.05) is 23.2 Å². The first-order chi connectivity index (χ1) is 14.3. The summed E-state index contributed by atoms with van der Waals surface area (Å²) in [5.41, 5.74) is 1.02. The maximum absolute atomic E-state index is 13.5. The number of thiazole rings is 1. The van der Waals surface area contributed by atoms with E-state index < -0.39 is 21.7 Å². The lowest BCUT2D eigenvalue weighted by Gasteiger charge is -2.33. The number of nitrogens with zero attached hydrogens (tertiary/aromatic N) is 3. The summed E-state index contributed by atoms with van der Waals surface area (Å²) in [4.78, 5) is 6.56. The molecule has 0 bridgehead atoms. The van der Waals surface area contributed by atoms with Crippen LogP contribution in [0.1, 0.15) is 0 Å². The van der Waals surface area contributed by atoms with Crippen molar-refractivity contribution < 1.29 is 17.2 Å². The summed E-state index contributed by atoms with van der Waals surface area (Å²) in [6.45, 7) is 1.46. The summed E-state index contributed by atoms with van der Waals surface area (Å²) >= 11 is 13.2. The van der Waals surface area contributed by atoms with Crippen LogP contribution in [0.4, 0.5) is 13.9 Å². The smallest absolute Gasteiger partial charge is 0.243 e. The van der Waals surface area contributed by atoms with Gasteiger partial charge in [-0.25, -0.2) is 22.2 Å². The Labute approximate surface area is 186 Å². The Bertz CT molecular complexity index is 1200. The van der Waals surface area contributed by atoms with Gasteiger partial charge < -0.3 is 4.90 Å². The molecule has 1 aliphatic heterocycles. The molecule has 158 valence electrons. The van der Waals surface area contributed by atoms with Crippen molar-refractivity contribution in [1.29, 1.82) is 0 Å². The van der Waals surface area contributed by atoms with Gasteiger partial charge in [-0.2, -0.15) is 4.31 Å². The maximum Gasteiger partial charge on any atom is 0.243 e. The van der Waals surface area contributed by atoms with Gasteiger partial charge in [-0.05, 0) is 36.4 Å². The van der Waals surface area contributed by atoms with Crippen LogP contribution >= 0.6 is 34.5 Å². The molecule has 1 saturated heterocycles. The van der Waals surface area contributed by atoms with E-state index in [2.05, 4.69) is 4.98 Å². The van der Waals surface area contributed by atoms with Crippen LogP contribution in [0.2, 0.25) is 10.0 Å². The van der Waals surface area contributed by atoms with Crippen molar-refractivity contribution in [2.45, 2.75) is 4.90 Å². The predicted octanol–water partition coefficient (Wildman–Crippen LogP) is 4.91. The zero-order valence-corrected chi connectivity index (χ0v) is 18.5. The number of sulfonamides is 1. The molecule has 0 N–H and O–H groups in total. The number of anilines is 1. The topological polar surface area (TPSA) is 53.5 Å². The highest BCUT2D eigenvalue weighted by atomic mass is 35.5. The molecule has 1 aliphatic rings. The summed E-state index contributed by atoms with van der Waals surface area (Å²) in [7, 11) is -3.68. The van der Waals surface area contributed by atoms with Crippen LogP contribution < -0.4 is 4.90 Å². The van der Waals surface area contributed by atoms with Crippen LogP contribution in [0.3, 0.4) is 0 Å². The Balaban J connectivity index is 1.46. The highest BCUT2D eigenvalue weighted by Gasteiger charge is 2.29. The SMILES string of the molecule is O=S(=O)(c1ccc(Cl)c(Cl)c1)N1CCN(c2nc(-c3ccc(F)c(F)c3)cs2)CC1. The molecule has 11 heteroatoms. The lowest BCUT2D eigenvalue weighted by molar-refractivity contribution is 0.385. The minimum atomic E-state index is -3.68. The molecule has 4 rings (SSSR count). The van der Waals surface area contributed by atoms with Crippen molar-refractivity contribution in [3.63, 3.8) is 0 Å². The Kier molecular flexibility index (Phi) is 6.00. The van der Waals surface area contributed by atoms with E-state index in [1.165, 1.54) is 39.9 Å². The van der Waals surface area contributed by atoms with Gasteiger partial charge in [-0.3, -0.25) is 0 Å². The highest BCUT2D eigenvalue weighted by Crippen LogP contribution is 2.30. The van der Waals surface area contributed by atoms with Crippen LogP contribution in [0, 0.1) is 11.6 Å². The minimum absolute atomic E-state index is 0.0974. The first-order valence-electron chi connectivity index (χ1n) is 8.87. The highest BCUT2D eigenvalue weighted by molar-refractivity contribution is 7.89. The fourth-order valence-electron chi connectivity index (χ4n) is 3.10. The van der Waals surface area contributed by atoms with E-state index in [-0.39, 0.29) is 23.0 Å². The third-order valence-corrected chi connectivity index (χ3v) is 8.28. The molecular formula is C19H15Cl2F2N3O2S2. The molecule has 3 aromatic rings. The number of rotatable bonds is 4. The number of hydrogen-bond acceptors (Lipinski definition) is 5. The quantitative estimate of drug-likeness (QED) is 0.522. The molecule has 1 fully saturated rings. The summed E-state index contributed by atoms with van der Waals surface area (Å²) in [5, 5.41) is 2.94. The first-order valence-corrected chi connectivity index (χ1v) is 11.9. The van der Waals surface area contributed by atoms with Gasteiger partial charge in [0.1, 0.15) is 0 Å². The van der Waals surface area contributed by atoms with Crippen LogP contribution in [0.5, 0.6) is 0 Å². The molecule has 2 aromatic carbocycles. The Morgan fingerprint density at radius 3 is 2.33 bits per heavy atom. The molecule has 0 atom stereocenters. The largest absolute Gasteiger partial charge is 0.345 e. The van der Waals surface area contributed by atoms with E-state index in [1.807, 2.05) is 4.90 Å². The number of hydrogen-bond donors (Lipinski definition) is 0. The van der Waals surface area contributed by atoms with Gasteiger partial charge >= 0.3 is 0 Å². The molecule has 1 aromatic heterocycles. The molecule has 2 heterocycles. The normalized spacial score (nSPS) is 15.5. The minimum Gasteiger partial charge on any atom is -0.345 e. The van der Waals surface area contributed by atoms with Crippen molar-refractivity contribution in [3.8, 4) is 11.3 Å². The monoisotopic (exact) mass is 489 g/mol. The number of halogens is 4. The average molecular weight is 490 g/mol. The van der Waals surface area contributed by atoms with E-state index >= 15 is 0 Å². The molecule has 0 unspecified atom stereocenters. The van der Waals surface area contributed by atoms with Crippen LogP contribution in [0.15, 0.2) is 46.7 Å². The van der Waals surface area contributed by atoms with Crippen LogP contribution in [0.25, 0.3) is 11.3 Å². The van der Waals surface area contributed by atoms with Gasteiger partial charge in [0, 0.05) is 37.1 Å². The van der Waals surface area contributed by atoms with Gasteiger partial charge in [0.05, 0.1) is 20.6 Å². The Hall–Kier alpha value is -1.78. The predicted molar refractivity (Wildman–Crippen MR) is 115 cm³/mol. The fourth-order valence-corrected chi connectivity index (χ4v) is 5.80. The van der Waals surface area contributed by atoms with E-state index in [9.17, 15) is 17.2 Å². The first kappa shape index (κ1) is 21.5. The maximum atomic E-state index is 13.5. The average Bonchev–Trinajstić information content (AvgIpc) is 3.22. The zero-order chi connectivity index (χ0) is 21.5. The molecule has 0 aliphatic carbocycles. The van der Waals surface area contributed by atoms with Crippen LogP contribution in [-0.4, -0.2) is 43.9 Å². The summed E-state index contributed by atoms with van der Waals surface area (Å²) < 4.78 is 53.8. The molecular weight excluding hydrogens is 475 g/mol. The Morgan fingerprint density at radius 1 is 0.933 bits per heavy atom. The summed E-state index contributed by atoms with van der Waals surface area (Å²) in [6.07, 6.45) is 0. The number of aromatic nitrogens is 1. The molecule has 0 spiro atoms.